The first-order valence-electron chi connectivity index (χ1n) is 10.6. The van der Waals surface area contributed by atoms with Crippen molar-refractivity contribution in [3.8, 4) is 0 Å². The number of nitrogens with one attached hydrogen (secondary N) is 1. The highest BCUT2D eigenvalue weighted by atomic mass is 32.1. The molecule has 0 spiro atoms. The van der Waals surface area contributed by atoms with Crippen molar-refractivity contribution in [1.29, 1.82) is 0 Å². The van der Waals surface area contributed by atoms with E-state index in [1.54, 1.807) is 11.3 Å². The minimum absolute atomic E-state index is 0.0580. The Hall–Kier alpha value is -2.66. The van der Waals surface area contributed by atoms with E-state index in [-0.39, 0.29) is 12.3 Å². The number of nitro groups is 1. The molecule has 0 aliphatic heterocycles. The van der Waals surface area contributed by atoms with E-state index in [0.717, 1.165) is 33.7 Å². The molecular formula is C22H29N5O4S. The van der Waals surface area contributed by atoms with Crippen molar-refractivity contribution in [2.75, 3.05) is 25.0 Å². The Balaban J connectivity index is 1.96. The third-order valence-electron chi connectivity index (χ3n) is 5.68. The van der Waals surface area contributed by atoms with Gasteiger partial charge in [-0.05, 0) is 50.2 Å². The normalized spacial score (nSPS) is 13.5. The Morgan fingerprint density at radius 3 is 2.41 bits per heavy atom. The molecule has 3 rings (SSSR count). The van der Waals surface area contributed by atoms with Crippen LogP contribution in [-0.2, 0) is 6.54 Å². The molecule has 2 atom stereocenters. The number of thiophene rings is 1. The summed E-state index contributed by atoms with van der Waals surface area (Å²) < 4.78 is 0. The summed E-state index contributed by atoms with van der Waals surface area (Å²) in [5.74, 6) is 1.24. The molecule has 172 valence electrons. The van der Waals surface area contributed by atoms with Gasteiger partial charge in [0.05, 0.1) is 29.5 Å². The minimum atomic E-state index is -1.09. The number of benzene rings is 1. The third-order valence-corrected chi connectivity index (χ3v) is 6.78. The van der Waals surface area contributed by atoms with Crippen molar-refractivity contribution < 1.29 is 15.1 Å². The average molecular weight is 460 g/mol. The first-order chi connectivity index (χ1) is 15.3. The van der Waals surface area contributed by atoms with Gasteiger partial charge in [0.1, 0.15) is 22.6 Å². The molecule has 0 aliphatic rings. The highest BCUT2D eigenvalue weighted by Crippen LogP contribution is 2.34. The third kappa shape index (κ3) is 5.04. The van der Waals surface area contributed by atoms with Crippen LogP contribution in [0.2, 0.25) is 0 Å². The Bertz CT molecular complexity index is 1080. The predicted molar refractivity (Wildman–Crippen MR) is 126 cm³/mol. The number of anilines is 1. The van der Waals surface area contributed by atoms with Gasteiger partial charge in [0.25, 0.3) is 5.69 Å². The molecule has 0 saturated heterocycles. The lowest BCUT2D eigenvalue weighted by Crippen LogP contribution is -2.32. The van der Waals surface area contributed by atoms with E-state index in [2.05, 4.69) is 24.1 Å². The molecule has 32 heavy (non-hydrogen) atoms. The highest BCUT2D eigenvalue weighted by molar-refractivity contribution is 7.18. The Kier molecular flexibility index (Phi) is 7.73. The van der Waals surface area contributed by atoms with Crippen LogP contribution in [0.3, 0.4) is 0 Å². The van der Waals surface area contributed by atoms with Gasteiger partial charge in [-0.1, -0.05) is 13.8 Å². The lowest BCUT2D eigenvalue weighted by molar-refractivity contribution is -0.384. The zero-order chi connectivity index (χ0) is 23.4. The van der Waals surface area contributed by atoms with Crippen molar-refractivity contribution >= 4 is 33.1 Å². The fourth-order valence-corrected chi connectivity index (χ4v) is 4.59. The zero-order valence-electron chi connectivity index (χ0n) is 18.7. The second-order valence-corrected chi connectivity index (χ2v) is 8.84. The number of rotatable bonds is 10. The Morgan fingerprint density at radius 1 is 1.19 bits per heavy atom. The van der Waals surface area contributed by atoms with Crippen LogP contribution in [-0.4, -0.2) is 55.7 Å². The Labute approximate surface area is 190 Å². The van der Waals surface area contributed by atoms with Crippen molar-refractivity contribution in [3.05, 3.63) is 56.2 Å². The molecule has 2 aromatic heterocycles. The van der Waals surface area contributed by atoms with Gasteiger partial charge in [0.15, 0.2) is 0 Å². The molecule has 0 aliphatic carbocycles. The summed E-state index contributed by atoms with van der Waals surface area (Å²) in [7, 11) is 0. The Morgan fingerprint density at radius 2 is 1.84 bits per heavy atom. The van der Waals surface area contributed by atoms with Gasteiger partial charge in [-0.2, -0.15) is 0 Å². The molecule has 0 bridgehead atoms. The number of nitrogens with zero attached hydrogens (tertiary/aromatic N) is 4. The average Bonchev–Trinajstić information content (AvgIpc) is 3.08. The van der Waals surface area contributed by atoms with Gasteiger partial charge < -0.3 is 15.5 Å². The first kappa shape index (κ1) is 24.0. The molecule has 0 radical (unpaired) electrons. The summed E-state index contributed by atoms with van der Waals surface area (Å²) in [6.45, 7) is 10.2. The van der Waals surface area contributed by atoms with Gasteiger partial charge >= 0.3 is 0 Å². The van der Waals surface area contributed by atoms with E-state index in [9.17, 15) is 20.3 Å². The summed E-state index contributed by atoms with van der Waals surface area (Å²) in [6.07, 6.45) is -1.09. The van der Waals surface area contributed by atoms with Gasteiger partial charge in [-0.3, -0.25) is 15.0 Å². The number of non-ortho nitro benzene ring substituents is 1. The second kappa shape index (κ2) is 10.3. The molecule has 3 N–H and O–H groups in total. The smallest absolute Gasteiger partial charge is 0.269 e. The van der Waals surface area contributed by atoms with Crippen LogP contribution in [0.15, 0.2) is 24.3 Å². The standard InChI is InChI=1S/C22H29N5O4S/c1-5-26(6-2)11-18-24-21(19-13(3)14(4)32-22(19)25-18)23-17(12-28)20(29)15-7-9-16(10-8-15)27(30)31/h7-10,17,20,28-29H,5-6,11-12H2,1-4H3,(H,23,24,25)/t17-,20-/m0/s1. The van der Waals surface area contributed by atoms with Crippen LogP contribution < -0.4 is 5.32 Å². The summed E-state index contributed by atoms with van der Waals surface area (Å²) >= 11 is 1.59. The minimum Gasteiger partial charge on any atom is -0.394 e. The molecule has 1 aromatic carbocycles. The largest absolute Gasteiger partial charge is 0.394 e. The number of aromatic nitrogens is 2. The number of aryl methyl sites for hydroxylation is 2. The summed E-state index contributed by atoms with van der Waals surface area (Å²) in [6, 6.07) is 4.91. The number of aliphatic hydroxyl groups is 2. The quantitative estimate of drug-likeness (QED) is 0.310. The molecule has 9 nitrogen and oxygen atoms in total. The molecule has 2 heterocycles. The molecule has 0 amide bonds. The summed E-state index contributed by atoms with van der Waals surface area (Å²) in [5, 5.41) is 35.9. The van der Waals surface area contributed by atoms with Crippen molar-refractivity contribution in [2.24, 2.45) is 0 Å². The molecule has 10 heteroatoms. The number of nitro benzene ring substituents is 1. The van der Waals surface area contributed by atoms with Gasteiger partial charge in [0.2, 0.25) is 0 Å². The monoisotopic (exact) mass is 459 g/mol. The van der Waals surface area contributed by atoms with Crippen LogP contribution in [0.4, 0.5) is 11.5 Å². The first-order valence-corrected chi connectivity index (χ1v) is 11.4. The zero-order valence-corrected chi connectivity index (χ0v) is 19.5. The van der Waals surface area contributed by atoms with Gasteiger partial charge in [-0.15, -0.1) is 11.3 Å². The van der Waals surface area contributed by atoms with Gasteiger partial charge in [0, 0.05) is 17.0 Å². The van der Waals surface area contributed by atoms with E-state index >= 15 is 0 Å². The van der Waals surface area contributed by atoms with Crippen LogP contribution in [0, 0.1) is 24.0 Å². The molecular weight excluding hydrogens is 430 g/mol. The van der Waals surface area contributed by atoms with Gasteiger partial charge in [-0.25, -0.2) is 9.97 Å². The lowest BCUT2D eigenvalue weighted by atomic mass is 10.0. The molecule has 3 aromatic rings. The van der Waals surface area contributed by atoms with Crippen LogP contribution in [0.25, 0.3) is 10.2 Å². The SMILES string of the molecule is CCN(CC)Cc1nc(N[C@@H](CO)[C@@H](O)c2ccc([N+](=O)[O-])cc2)c2c(C)c(C)sc2n1. The van der Waals surface area contributed by atoms with E-state index < -0.39 is 17.1 Å². The van der Waals surface area contributed by atoms with E-state index in [0.29, 0.717) is 23.8 Å². The van der Waals surface area contributed by atoms with E-state index in [1.165, 1.54) is 24.3 Å². The van der Waals surface area contributed by atoms with Crippen LogP contribution in [0.1, 0.15) is 41.8 Å². The fraction of sp³-hybridized carbons (Fsp3) is 0.455. The molecule has 0 unspecified atom stereocenters. The maximum Gasteiger partial charge on any atom is 0.269 e. The fourth-order valence-electron chi connectivity index (χ4n) is 3.54. The lowest BCUT2D eigenvalue weighted by Gasteiger charge is -2.24. The van der Waals surface area contributed by atoms with Crippen LogP contribution >= 0.6 is 11.3 Å². The molecule has 0 saturated carbocycles. The second-order valence-electron chi connectivity index (χ2n) is 7.64. The molecule has 0 fully saturated rings. The summed E-state index contributed by atoms with van der Waals surface area (Å²) in [4.78, 5) is 24.1. The van der Waals surface area contributed by atoms with Crippen molar-refractivity contribution in [3.63, 3.8) is 0 Å². The van der Waals surface area contributed by atoms with Crippen LogP contribution in [0.5, 0.6) is 0 Å². The van der Waals surface area contributed by atoms with Crippen molar-refractivity contribution in [1.82, 2.24) is 14.9 Å². The number of fused-ring (bicyclic) bond motifs is 1. The maximum atomic E-state index is 10.9. The summed E-state index contributed by atoms with van der Waals surface area (Å²) in [5.41, 5.74) is 1.47. The van der Waals surface area contributed by atoms with E-state index in [4.69, 9.17) is 9.97 Å². The van der Waals surface area contributed by atoms with Crippen molar-refractivity contribution in [2.45, 2.75) is 46.4 Å². The number of aliphatic hydroxyl groups excluding tert-OH is 2. The maximum absolute atomic E-state index is 10.9. The number of hydrogen-bond donors (Lipinski definition) is 3. The topological polar surface area (TPSA) is 125 Å². The van der Waals surface area contributed by atoms with E-state index in [1.807, 2.05) is 13.8 Å². The predicted octanol–water partition coefficient (Wildman–Crippen LogP) is 3.56. The number of hydrogen-bond acceptors (Lipinski definition) is 9. The highest BCUT2D eigenvalue weighted by Gasteiger charge is 2.24.